The van der Waals surface area contributed by atoms with E-state index in [-0.39, 0.29) is 18.0 Å². The predicted molar refractivity (Wildman–Crippen MR) is 51.6 cm³/mol. The lowest BCUT2D eigenvalue weighted by atomic mass is 10.2. The van der Waals surface area contributed by atoms with Crippen LogP contribution in [0.4, 0.5) is 0 Å². The Morgan fingerprint density at radius 3 is 2.43 bits per heavy atom. The van der Waals surface area contributed by atoms with Crippen LogP contribution in [-0.2, 0) is 14.3 Å². The summed E-state index contributed by atoms with van der Waals surface area (Å²) in [5, 5.41) is 3.03. The molecule has 0 aliphatic carbocycles. The molecule has 0 spiro atoms. The molecule has 5 heteroatoms. The second kappa shape index (κ2) is 4.25. The molecule has 0 radical (unpaired) electrons. The number of hydrogen-bond donors (Lipinski definition) is 2. The Hall–Kier alpha value is -0.650. The molecule has 1 saturated heterocycles. The average molecular weight is 202 g/mol. The highest BCUT2D eigenvalue weighted by Gasteiger charge is 2.29. The number of hydrogen-bond acceptors (Lipinski definition) is 4. The molecule has 1 fully saturated rings. The first-order valence-corrected chi connectivity index (χ1v) is 4.74. The smallest absolute Gasteiger partial charge is 0.234 e. The molecule has 3 N–H and O–H groups in total. The zero-order valence-corrected chi connectivity index (χ0v) is 8.87. The van der Waals surface area contributed by atoms with Gasteiger partial charge in [0, 0.05) is 0 Å². The normalized spacial score (nSPS) is 24.5. The van der Waals surface area contributed by atoms with Crippen molar-refractivity contribution in [3.63, 3.8) is 0 Å². The van der Waals surface area contributed by atoms with Crippen LogP contribution in [0.2, 0.25) is 0 Å². The highest BCUT2D eigenvalue weighted by molar-refractivity contribution is 5.79. The van der Waals surface area contributed by atoms with E-state index >= 15 is 0 Å². The van der Waals surface area contributed by atoms with Crippen molar-refractivity contribution in [1.82, 2.24) is 5.32 Å². The number of nitrogens with one attached hydrogen (secondary N) is 1. The summed E-state index contributed by atoms with van der Waals surface area (Å²) < 4.78 is 10.8. The first kappa shape index (κ1) is 11.4. The van der Waals surface area contributed by atoms with Crippen molar-refractivity contribution < 1.29 is 14.3 Å². The van der Waals surface area contributed by atoms with Gasteiger partial charge in [-0.25, -0.2) is 0 Å². The van der Waals surface area contributed by atoms with E-state index in [0.717, 1.165) is 0 Å². The first-order valence-electron chi connectivity index (χ1n) is 4.74. The Morgan fingerprint density at radius 2 is 2.00 bits per heavy atom. The molecule has 1 atom stereocenters. The van der Waals surface area contributed by atoms with Gasteiger partial charge in [-0.1, -0.05) is 0 Å². The SMILES string of the molecule is CC(NC1COC(C)(C)OC1)C(N)=O. The van der Waals surface area contributed by atoms with Crippen molar-refractivity contribution in [2.75, 3.05) is 13.2 Å². The zero-order valence-electron chi connectivity index (χ0n) is 8.87. The standard InChI is InChI=1S/C9H18N2O3/c1-6(8(10)12)11-7-4-13-9(2,3)14-5-7/h6-7,11H,4-5H2,1-3H3,(H2,10,12). The summed E-state index contributed by atoms with van der Waals surface area (Å²) in [5.74, 6) is -0.886. The third kappa shape index (κ3) is 3.25. The minimum atomic E-state index is -0.520. The Morgan fingerprint density at radius 1 is 1.50 bits per heavy atom. The molecule has 5 nitrogen and oxygen atoms in total. The van der Waals surface area contributed by atoms with Gasteiger partial charge in [-0.05, 0) is 20.8 Å². The average Bonchev–Trinajstić information content (AvgIpc) is 2.08. The number of carbonyl (C=O) groups excluding carboxylic acids is 1. The molecule has 0 saturated carbocycles. The van der Waals surface area contributed by atoms with Gasteiger partial charge in [0.25, 0.3) is 0 Å². The van der Waals surface area contributed by atoms with Crippen molar-refractivity contribution in [3.05, 3.63) is 0 Å². The monoisotopic (exact) mass is 202 g/mol. The van der Waals surface area contributed by atoms with Crippen molar-refractivity contribution in [3.8, 4) is 0 Å². The molecular weight excluding hydrogens is 184 g/mol. The zero-order chi connectivity index (χ0) is 10.8. The van der Waals surface area contributed by atoms with E-state index in [0.29, 0.717) is 13.2 Å². The summed E-state index contributed by atoms with van der Waals surface area (Å²) in [6, 6.07) is -0.320. The van der Waals surface area contributed by atoms with Gasteiger partial charge in [-0.2, -0.15) is 0 Å². The Kier molecular flexibility index (Phi) is 3.47. The predicted octanol–water partition coefficient (Wildman–Crippen LogP) is -0.399. The number of nitrogens with two attached hydrogens (primary N) is 1. The van der Waals surface area contributed by atoms with Crippen molar-refractivity contribution in [2.24, 2.45) is 5.73 Å². The van der Waals surface area contributed by atoms with Gasteiger partial charge < -0.3 is 15.2 Å². The van der Waals surface area contributed by atoms with E-state index in [2.05, 4.69) is 5.32 Å². The molecule has 1 unspecified atom stereocenters. The lowest BCUT2D eigenvalue weighted by molar-refractivity contribution is -0.253. The van der Waals surface area contributed by atoms with E-state index < -0.39 is 5.79 Å². The summed E-state index contributed by atoms with van der Waals surface area (Å²) in [7, 11) is 0. The van der Waals surface area contributed by atoms with E-state index in [4.69, 9.17) is 15.2 Å². The molecule has 1 rings (SSSR count). The maximum atomic E-state index is 10.8. The second-order valence-corrected chi connectivity index (χ2v) is 4.01. The molecule has 0 aromatic rings. The van der Waals surface area contributed by atoms with E-state index in [1.165, 1.54) is 0 Å². The highest BCUT2D eigenvalue weighted by Crippen LogP contribution is 2.16. The van der Waals surface area contributed by atoms with Crippen molar-refractivity contribution >= 4 is 5.91 Å². The molecular formula is C9H18N2O3. The van der Waals surface area contributed by atoms with Crippen molar-refractivity contribution in [1.29, 1.82) is 0 Å². The summed E-state index contributed by atoms with van der Waals surface area (Å²) in [6.07, 6.45) is 0. The van der Waals surface area contributed by atoms with E-state index in [1.807, 2.05) is 13.8 Å². The lowest BCUT2D eigenvalue weighted by Gasteiger charge is -2.36. The van der Waals surface area contributed by atoms with Crippen LogP contribution in [0.1, 0.15) is 20.8 Å². The van der Waals surface area contributed by atoms with Gasteiger partial charge >= 0.3 is 0 Å². The molecule has 82 valence electrons. The largest absolute Gasteiger partial charge is 0.368 e. The number of rotatable bonds is 3. The molecule has 0 aromatic carbocycles. The van der Waals surface area contributed by atoms with Gasteiger partial charge in [0.15, 0.2) is 5.79 Å². The van der Waals surface area contributed by atoms with E-state index in [1.54, 1.807) is 6.92 Å². The quantitative estimate of drug-likeness (QED) is 0.653. The number of amides is 1. The molecule has 1 aliphatic rings. The lowest BCUT2D eigenvalue weighted by Crippen LogP contribution is -2.53. The molecule has 1 heterocycles. The Labute approximate surface area is 83.9 Å². The molecule has 0 bridgehead atoms. The summed E-state index contributed by atoms with van der Waals surface area (Å²) in [4.78, 5) is 10.8. The topological polar surface area (TPSA) is 73.6 Å². The minimum Gasteiger partial charge on any atom is -0.368 e. The fourth-order valence-electron chi connectivity index (χ4n) is 1.22. The summed E-state index contributed by atoms with van der Waals surface area (Å²) in [6.45, 7) is 6.51. The summed E-state index contributed by atoms with van der Waals surface area (Å²) in [5.41, 5.74) is 5.12. The molecule has 1 aliphatic heterocycles. The van der Waals surface area contributed by atoms with Gasteiger partial charge in [0.2, 0.25) is 5.91 Å². The molecule has 0 aromatic heterocycles. The van der Waals surface area contributed by atoms with Crippen LogP contribution < -0.4 is 11.1 Å². The number of ether oxygens (including phenoxy) is 2. The minimum absolute atomic E-state index is 0.0329. The van der Waals surface area contributed by atoms with Crippen LogP contribution in [0.25, 0.3) is 0 Å². The van der Waals surface area contributed by atoms with Crippen molar-refractivity contribution in [2.45, 2.75) is 38.6 Å². The van der Waals surface area contributed by atoms with Gasteiger partial charge in [-0.3, -0.25) is 10.1 Å². The fraction of sp³-hybridized carbons (Fsp3) is 0.889. The molecule has 1 amide bonds. The van der Waals surface area contributed by atoms with Gasteiger partial charge in [0.05, 0.1) is 25.3 Å². The van der Waals surface area contributed by atoms with E-state index in [9.17, 15) is 4.79 Å². The second-order valence-electron chi connectivity index (χ2n) is 4.01. The number of carbonyl (C=O) groups is 1. The van der Waals surface area contributed by atoms with Gasteiger partial charge in [0.1, 0.15) is 0 Å². The van der Waals surface area contributed by atoms with Crippen LogP contribution in [0.5, 0.6) is 0 Å². The molecule has 14 heavy (non-hydrogen) atoms. The summed E-state index contributed by atoms with van der Waals surface area (Å²) >= 11 is 0. The first-order chi connectivity index (χ1) is 6.41. The van der Waals surface area contributed by atoms with Crippen LogP contribution >= 0.6 is 0 Å². The highest BCUT2D eigenvalue weighted by atomic mass is 16.7. The fourth-order valence-corrected chi connectivity index (χ4v) is 1.22. The number of primary amides is 1. The maximum Gasteiger partial charge on any atom is 0.234 e. The van der Waals surface area contributed by atoms with Crippen LogP contribution in [0.3, 0.4) is 0 Å². The third-order valence-electron chi connectivity index (χ3n) is 2.18. The Bertz CT molecular complexity index is 208. The van der Waals surface area contributed by atoms with Gasteiger partial charge in [-0.15, -0.1) is 0 Å². The van der Waals surface area contributed by atoms with Crippen LogP contribution in [0.15, 0.2) is 0 Å². The third-order valence-corrected chi connectivity index (χ3v) is 2.18. The van der Waals surface area contributed by atoms with Crippen LogP contribution in [-0.4, -0.2) is 37.0 Å². The maximum absolute atomic E-state index is 10.8. The Balaban J connectivity index is 2.32. The van der Waals surface area contributed by atoms with Crippen LogP contribution in [0, 0.1) is 0 Å².